The highest BCUT2D eigenvalue weighted by Crippen LogP contribution is 2.33. The summed E-state index contributed by atoms with van der Waals surface area (Å²) in [5.41, 5.74) is 2.02. The van der Waals surface area contributed by atoms with Gasteiger partial charge in [0.1, 0.15) is 5.70 Å². The van der Waals surface area contributed by atoms with Gasteiger partial charge in [0.05, 0.1) is 18.7 Å². The predicted molar refractivity (Wildman–Crippen MR) is 122 cm³/mol. The average molecular weight is 450 g/mol. The number of nitrogens with one attached hydrogen (secondary N) is 1. The molecule has 10 heteroatoms. The first-order valence-electron chi connectivity index (χ1n) is 10.7. The van der Waals surface area contributed by atoms with E-state index in [4.69, 9.17) is 4.74 Å². The summed E-state index contributed by atoms with van der Waals surface area (Å²) < 4.78 is 5.10. The summed E-state index contributed by atoms with van der Waals surface area (Å²) in [6.45, 7) is 4.24. The zero-order valence-electron chi connectivity index (χ0n) is 18.7. The lowest BCUT2D eigenvalue weighted by Gasteiger charge is -2.36. The summed E-state index contributed by atoms with van der Waals surface area (Å²) >= 11 is 0. The van der Waals surface area contributed by atoms with Crippen LogP contribution in [0.2, 0.25) is 0 Å². The number of methoxy groups -OCH3 is 1. The predicted octanol–water partition coefficient (Wildman–Crippen LogP) is 0.983. The van der Waals surface area contributed by atoms with Crippen molar-refractivity contribution in [3.05, 3.63) is 54.0 Å². The lowest BCUT2D eigenvalue weighted by Crippen LogP contribution is -2.48. The molecule has 2 aromatic rings. The summed E-state index contributed by atoms with van der Waals surface area (Å²) in [6.07, 6.45) is 3.40. The molecule has 0 unspecified atom stereocenters. The number of ether oxygens (including phenoxy) is 1. The Labute approximate surface area is 191 Å². The number of benzene rings is 1. The SMILES string of the molecule is COCCN1C(=O)C(c2ccc(NC(C)=O)cc2)=C(N2CCN(c3ncccn3)CC2)C1=O. The van der Waals surface area contributed by atoms with Crippen LogP contribution in [0.25, 0.3) is 5.57 Å². The van der Waals surface area contributed by atoms with Gasteiger partial charge in [-0.25, -0.2) is 9.97 Å². The number of carbonyl (C=O) groups is 3. The number of anilines is 2. The summed E-state index contributed by atoms with van der Waals surface area (Å²) in [4.78, 5) is 51.8. The highest BCUT2D eigenvalue weighted by molar-refractivity contribution is 6.35. The Hall–Kier alpha value is -3.79. The largest absolute Gasteiger partial charge is 0.383 e. The molecule has 3 heterocycles. The molecule has 1 N–H and O–H groups in total. The lowest BCUT2D eigenvalue weighted by atomic mass is 10.0. The molecule has 1 fully saturated rings. The molecule has 0 bridgehead atoms. The molecule has 33 heavy (non-hydrogen) atoms. The minimum atomic E-state index is -0.340. The topological polar surface area (TPSA) is 108 Å². The van der Waals surface area contributed by atoms with Crippen molar-refractivity contribution < 1.29 is 19.1 Å². The number of aromatic nitrogens is 2. The van der Waals surface area contributed by atoms with Crippen LogP contribution >= 0.6 is 0 Å². The van der Waals surface area contributed by atoms with Crippen LogP contribution in [-0.4, -0.2) is 83.9 Å². The van der Waals surface area contributed by atoms with Crippen molar-refractivity contribution in [2.45, 2.75) is 6.92 Å². The highest BCUT2D eigenvalue weighted by Gasteiger charge is 2.42. The molecule has 1 aromatic heterocycles. The monoisotopic (exact) mass is 450 g/mol. The Kier molecular flexibility index (Phi) is 6.64. The first kappa shape index (κ1) is 22.4. The molecule has 2 aliphatic rings. The highest BCUT2D eigenvalue weighted by atomic mass is 16.5. The second-order valence-electron chi connectivity index (χ2n) is 7.76. The minimum Gasteiger partial charge on any atom is -0.383 e. The van der Waals surface area contributed by atoms with Crippen molar-refractivity contribution in [1.29, 1.82) is 0 Å². The molecule has 0 radical (unpaired) electrons. The van der Waals surface area contributed by atoms with Crippen molar-refractivity contribution >= 4 is 34.9 Å². The molecule has 0 spiro atoms. The normalized spacial score (nSPS) is 16.6. The van der Waals surface area contributed by atoms with E-state index in [2.05, 4.69) is 20.2 Å². The van der Waals surface area contributed by atoms with Gasteiger partial charge in [0.15, 0.2) is 0 Å². The maximum absolute atomic E-state index is 13.3. The number of hydrogen-bond donors (Lipinski definition) is 1. The molecule has 10 nitrogen and oxygen atoms in total. The molecular formula is C23H26N6O4. The van der Waals surface area contributed by atoms with E-state index in [9.17, 15) is 14.4 Å². The lowest BCUT2D eigenvalue weighted by molar-refractivity contribution is -0.138. The van der Waals surface area contributed by atoms with Gasteiger partial charge in [-0.2, -0.15) is 0 Å². The van der Waals surface area contributed by atoms with Gasteiger partial charge >= 0.3 is 0 Å². The van der Waals surface area contributed by atoms with Gasteiger partial charge in [-0.3, -0.25) is 19.3 Å². The maximum Gasteiger partial charge on any atom is 0.277 e. The summed E-state index contributed by atoms with van der Waals surface area (Å²) in [7, 11) is 1.53. The van der Waals surface area contributed by atoms with E-state index in [1.165, 1.54) is 18.9 Å². The van der Waals surface area contributed by atoms with Crippen LogP contribution in [-0.2, 0) is 19.1 Å². The number of carbonyl (C=O) groups excluding carboxylic acids is 3. The third-order valence-corrected chi connectivity index (χ3v) is 5.59. The third kappa shape index (κ3) is 4.70. The zero-order valence-corrected chi connectivity index (χ0v) is 18.7. The van der Waals surface area contributed by atoms with Crippen molar-refractivity contribution in [1.82, 2.24) is 19.8 Å². The average Bonchev–Trinajstić information content (AvgIpc) is 3.08. The van der Waals surface area contributed by atoms with Crippen LogP contribution in [0, 0.1) is 0 Å². The van der Waals surface area contributed by atoms with Gasteiger partial charge in [-0.1, -0.05) is 12.1 Å². The van der Waals surface area contributed by atoms with Crippen molar-refractivity contribution in [2.24, 2.45) is 0 Å². The molecule has 0 aliphatic carbocycles. The fourth-order valence-corrected chi connectivity index (χ4v) is 4.01. The van der Waals surface area contributed by atoms with Crippen molar-refractivity contribution in [3.63, 3.8) is 0 Å². The van der Waals surface area contributed by atoms with E-state index in [0.717, 1.165) is 0 Å². The fraction of sp³-hybridized carbons (Fsp3) is 0.348. The van der Waals surface area contributed by atoms with E-state index in [0.29, 0.717) is 54.6 Å². The smallest absolute Gasteiger partial charge is 0.277 e. The van der Waals surface area contributed by atoms with Crippen LogP contribution < -0.4 is 10.2 Å². The van der Waals surface area contributed by atoms with Gasteiger partial charge in [-0.05, 0) is 23.8 Å². The van der Waals surface area contributed by atoms with Gasteiger partial charge in [-0.15, -0.1) is 0 Å². The number of amides is 3. The molecule has 3 amide bonds. The fourth-order valence-electron chi connectivity index (χ4n) is 4.01. The zero-order chi connectivity index (χ0) is 23.4. The quantitative estimate of drug-likeness (QED) is 0.622. The van der Waals surface area contributed by atoms with E-state index >= 15 is 0 Å². The molecule has 0 saturated carbocycles. The Morgan fingerprint density at radius 1 is 1.00 bits per heavy atom. The second kappa shape index (κ2) is 9.78. The Morgan fingerprint density at radius 3 is 2.24 bits per heavy atom. The van der Waals surface area contributed by atoms with Crippen LogP contribution in [0.1, 0.15) is 12.5 Å². The molecule has 0 atom stereocenters. The molecular weight excluding hydrogens is 424 g/mol. The summed E-state index contributed by atoms with van der Waals surface area (Å²) in [5.74, 6) is -0.188. The standard InChI is InChI=1S/C23H26N6O4/c1-16(30)26-18-6-4-17(5-7-18)19-20(22(32)29(21(19)31)14-15-33-2)27-10-12-28(13-11-27)23-24-8-3-9-25-23/h3-9H,10-15H2,1-2H3,(H,26,30). The second-order valence-corrected chi connectivity index (χ2v) is 7.76. The van der Waals surface area contributed by atoms with Gasteiger partial charge in [0.25, 0.3) is 11.8 Å². The van der Waals surface area contributed by atoms with Crippen LogP contribution in [0.3, 0.4) is 0 Å². The maximum atomic E-state index is 13.3. The van der Waals surface area contributed by atoms with Gasteiger partial charge < -0.3 is 19.9 Å². The number of imide groups is 1. The number of hydrogen-bond acceptors (Lipinski definition) is 8. The Bertz CT molecular complexity index is 1060. The first-order valence-corrected chi connectivity index (χ1v) is 10.7. The molecule has 1 aromatic carbocycles. The van der Waals surface area contributed by atoms with Crippen LogP contribution in [0.4, 0.5) is 11.6 Å². The van der Waals surface area contributed by atoms with Gasteiger partial charge in [0, 0.05) is 58.3 Å². The van der Waals surface area contributed by atoms with Crippen molar-refractivity contribution in [3.8, 4) is 0 Å². The van der Waals surface area contributed by atoms with Crippen LogP contribution in [0.5, 0.6) is 0 Å². The Morgan fingerprint density at radius 2 is 1.64 bits per heavy atom. The molecule has 1 saturated heterocycles. The van der Waals surface area contributed by atoms with E-state index < -0.39 is 0 Å². The summed E-state index contributed by atoms with van der Waals surface area (Å²) in [5, 5.41) is 2.71. The Balaban J connectivity index is 1.62. The van der Waals surface area contributed by atoms with E-state index in [-0.39, 0.29) is 30.9 Å². The number of rotatable bonds is 7. The molecule has 2 aliphatic heterocycles. The van der Waals surface area contributed by atoms with E-state index in [1.807, 2.05) is 4.90 Å². The first-order chi connectivity index (χ1) is 16.0. The molecule has 172 valence electrons. The van der Waals surface area contributed by atoms with Crippen molar-refractivity contribution in [2.75, 3.05) is 56.7 Å². The number of nitrogens with zero attached hydrogens (tertiary/aromatic N) is 5. The summed E-state index contributed by atoms with van der Waals surface area (Å²) in [6, 6.07) is 8.72. The van der Waals surface area contributed by atoms with Crippen LogP contribution in [0.15, 0.2) is 48.4 Å². The molecule has 4 rings (SSSR count). The van der Waals surface area contributed by atoms with E-state index in [1.54, 1.807) is 42.7 Å². The number of piperazine rings is 1. The minimum absolute atomic E-state index is 0.180. The van der Waals surface area contributed by atoms with Gasteiger partial charge in [0.2, 0.25) is 11.9 Å². The third-order valence-electron chi connectivity index (χ3n) is 5.59.